The molecule has 0 saturated carbocycles. The van der Waals surface area contributed by atoms with Crippen LogP contribution < -0.4 is 10.1 Å². The third-order valence-electron chi connectivity index (χ3n) is 4.21. The molecule has 7 nitrogen and oxygen atoms in total. The normalized spacial score (nSPS) is 10.7. The number of carbonyl (C=O) groups excluding carboxylic acids is 2. The van der Waals surface area contributed by atoms with Gasteiger partial charge < -0.3 is 14.8 Å². The number of halogens is 2. The Labute approximate surface area is 191 Å². The lowest BCUT2D eigenvalue weighted by atomic mass is 10.1. The molecule has 0 unspecified atom stereocenters. The van der Waals surface area contributed by atoms with E-state index in [-0.39, 0.29) is 19.0 Å². The lowest BCUT2D eigenvalue weighted by Crippen LogP contribution is -2.16. The van der Waals surface area contributed by atoms with Gasteiger partial charge in [0.15, 0.2) is 12.4 Å². The van der Waals surface area contributed by atoms with E-state index in [4.69, 9.17) is 21.1 Å². The van der Waals surface area contributed by atoms with Crippen LogP contribution in [0.4, 0.5) is 5.00 Å². The van der Waals surface area contributed by atoms with Gasteiger partial charge >= 0.3 is 5.97 Å². The fourth-order valence-corrected chi connectivity index (χ4v) is 4.45. The molecule has 0 aliphatic heterocycles. The highest BCUT2D eigenvalue weighted by Crippen LogP contribution is 2.33. The molecule has 0 aliphatic carbocycles. The van der Waals surface area contributed by atoms with E-state index in [1.54, 1.807) is 37.4 Å². The van der Waals surface area contributed by atoms with Crippen molar-refractivity contribution in [3.8, 4) is 5.75 Å². The number of aromatic nitrogens is 2. The number of rotatable bonds is 7. The van der Waals surface area contributed by atoms with Gasteiger partial charge in [0.05, 0.1) is 16.6 Å². The summed E-state index contributed by atoms with van der Waals surface area (Å²) in [5.74, 6) is -0.278. The Morgan fingerprint density at radius 3 is 2.77 bits per heavy atom. The van der Waals surface area contributed by atoms with Crippen LogP contribution in [0.1, 0.15) is 38.2 Å². The summed E-state index contributed by atoms with van der Waals surface area (Å²) >= 11 is 10.6. The van der Waals surface area contributed by atoms with E-state index in [9.17, 15) is 9.59 Å². The van der Waals surface area contributed by atoms with Gasteiger partial charge in [-0.3, -0.25) is 4.79 Å². The molecule has 0 spiro atoms. The van der Waals surface area contributed by atoms with E-state index < -0.39 is 11.9 Å². The van der Waals surface area contributed by atoms with Crippen LogP contribution in [0.15, 0.2) is 34.9 Å². The van der Waals surface area contributed by atoms with Crippen molar-refractivity contribution in [2.45, 2.75) is 27.5 Å². The molecule has 0 bridgehead atoms. The third-order valence-corrected chi connectivity index (χ3v) is 6.19. The molecule has 0 aliphatic rings. The SMILES string of the molecule is CCOC(=O)c1c(NC(=O)c2ccn(COc3ccc(Cl)cc3Br)n2)sc(C)c1C. The van der Waals surface area contributed by atoms with Gasteiger partial charge in [-0.05, 0) is 66.5 Å². The zero-order chi connectivity index (χ0) is 21.8. The summed E-state index contributed by atoms with van der Waals surface area (Å²) in [6.45, 7) is 5.82. The lowest BCUT2D eigenvalue weighted by molar-refractivity contribution is 0.0527. The van der Waals surface area contributed by atoms with E-state index in [0.717, 1.165) is 14.9 Å². The molecule has 10 heteroatoms. The Hall–Kier alpha value is -2.36. The summed E-state index contributed by atoms with van der Waals surface area (Å²) in [4.78, 5) is 25.9. The number of benzene rings is 1. The first-order chi connectivity index (χ1) is 14.3. The molecule has 1 amide bonds. The van der Waals surface area contributed by atoms with Crippen LogP contribution in [0.2, 0.25) is 5.02 Å². The van der Waals surface area contributed by atoms with Crippen molar-refractivity contribution in [1.82, 2.24) is 9.78 Å². The Morgan fingerprint density at radius 2 is 2.07 bits per heavy atom. The van der Waals surface area contributed by atoms with Crippen molar-refractivity contribution >= 4 is 55.7 Å². The molecular formula is C20H19BrClN3O4S. The van der Waals surface area contributed by atoms with Crippen LogP contribution in [-0.2, 0) is 11.5 Å². The predicted octanol–water partition coefficient (Wildman–Crippen LogP) is 5.44. The summed E-state index contributed by atoms with van der Waals surface area (Å²) < 4.78 is 13.0. The highest BCUT2D eigenvalue weighted by atomic mass is 79.9. The van der Waals surface area contributed by atoms with E-state index in [1.165, 1.54) is 16.0 Å². The zero-order valence-electron chi connectivity index (χ0n) is 16.5. The van der Waals surface area contributed by atoms with Crippen molar-refractivity contribution in [1.29, 1.82) is 0 Å². The van der Waals surface area contributed by atoms with E-state index in [2.05, 4.69) is 26.3 Å². The number of nitrogens with zero attached hydrogens (tertiary/aromatic N) is 2. The molecule has 0 radical (unpaired) electrons. The molecular weight excluding hydrogens is 494 g/mol. The fourth-order valence-electron chi connectivity index (χ4n) is 2.61. The second kappa shape index (κ2) is 9.63. The number of ether oxygens (including phenoxy) is 2. The number of hydrogen-bond donors (Lipinski definition) is 1. The van der Waals surface area contributed by atoms with Crippen LogP contribution >= 0.6 is 38.9 Å². The van der Waals surface area contributed by atoms with Gasteiger partial charge in [0.25, 0.3) is 5.91 Å². The van der Waals surface area contributed by atoms with Gasteiger partial charge in [0.2, 0.25) is 0 Å². The molecule has 1 N–H and O–H groups in total. The van der Waals surface area contributed by atoms with Gasteiger partial charge in [-0.25, -0.2) is 9.48 Å². The molecule has 0 fully saturated rings. The first-order valence-corrected chi connectivity index (χ1v) is 11.0. The van der Waals surface area contributed by atoms with Gasteiger partial charge in [-0.2, -0.15) is 5.10 Å². The van der Waals surface area contributed by atoms with Crippen LogP contribution in [-0.4, -0.2) is 28.3 Å². The van der Waals surface area contributed by atoms with Gasteiger partial charge in [-0.15, -0.1) is 11.3 Å². The Bertz CT molecular complexity index is 1100. The van der Waals surface area contributed by atoms with E-state index >= 15 is 0 Å². The maximum absolute atomic E-state index is 12.7. The molecule has 3 aromatic rings. The Balaban J connectivity index is 1.70. The standard InChI is InChI=1S/C20H19BrClN3O4S/c1-4-28-20(27)17-11(2)12(3)30-19(17)23-18(26)15-7-8-25(24-15)10-29-16-6-5-13(22)9-14(16)21/h5-9H,4,10H2,1-3H3,(H,23,26). The van der Waals surface area contributed by atoms with Gasteiger partial charge in [0, 0.05) is 16.1 Å². The maximum atomic E-state index is 12.7. The predicted molar refractivity (Wildman–Crippen MR) is 120 cm³/mol. The van der Waals surface area contributed by atoms with Crippen LogP contribution in [0, 0.1) is 13.8 Å². The Morgan fingerprint density at radius 1 is 1.30 bits per heavy atom. The van der Waals surface area contributed by atoms with Crippen molar-refractivity contribution in [3.63, 3.8) is 0 Å². The number of aryl methyl sites for hydroxylation is 1. The average Bonchev–Trinajstić information content (AvgIpc) is 3.26. The summed E-state index contributed by atoms with van der Waals surface area (Å²) in [5, 5.41) is 8.05. The molecule has 158 valence electrons. The molecule has 2 heterocycles. The fraction of sp³-hybridized carbons (Fsp3) is 0.250. The summed E-state index contributed by atoms with van der Waals surface area (Å²) in [5.41, 5.74) is 1.37. The zero-order valence-corrected chi connectivity index (χ0v) is 19.7. The first-order valence-electron chi connectivity index (χ1n) is 9.00. The number of hydrogen-bond acceptors (Lipinski definition) is 6. The molecule has 3 rings (SSSR count). The van der Waals surface area contributed by atoms with Crippen molar-refractivity contribution in [3.05, 3.63) is 61.7 Å². The molecule has 0 atom stereocenters. The average molecular weight is 513 g/mol. The third kappa shape index (κ3) is 5.03. The minimum absolute atomic E-state index is 0.110. The van der Waals surface area contributed by atoms with Crippen molar-refractivity contribution in [2.24, 2.45) is 0 Å². The van der Waals surface area contributed by atoms with E-state index in [0.29, 0.717) is 21.3 Å². The van der Waals surface area contributed by atoms with E-state index in [1.807, 2.05) is 13.8 Å². The maximum Gasteiger partial charge on any atom is 0.341 e. The van der Waals surface area contributed by atoms with Crippen molar-refractivity contribution in [2.75, 3.05) is 11.9 Å². The highest BCUT2D eigenvalue weighted by molar-refractivity contribution is 9.10. The topological polar surface area (TPSA) is 82.5 Å². The Kier molecular flexibility index (Phi) is 7.17. The second-order valence-electron chi connectivity index (χ2n) is 6.25. The smallest absolute Gasteiger partial charge is 0.341 e. The summed E-state index contributed by atoms with van der Waals surface area (Å²) in [6.07, 6.45) is 1.63. The number of anilines is 1. The lowest BCUT2D eigenvalue weighted by Gasteiger charge is -2.08. The minimum Gasteiger partial charge on any atom is -0.470 e. The van der Waals surface area contributed by atoms with Gasteiger partial charge in [0.1, 0.15) is 10.8 Å². The number of thiophene rings is 1. The van der Waals surface area contributed by atoms with Gasteiger partial charge in [-0.1, -0.05) is 11.6 Å². The van der Waals surface area contributed by atoms with Crippen LogP contribution in [0.5, 0.6) is 5.75 Å². The molecule has 1 aromatic carbocycles. The second-order valence-corrected chi connectivity index (χ2v) is 8.77. The molecule has 2 aromatic heterocycles. The summed E-state index contributed by atoms with van der Waals surface area (Å²) in [7, 11) is 0. The monoisotopic (exact) mass is 511 g/mol. The largest absolute Gasteiger partial charge is 0.470 e. The highest BCUT2D eigenvalue weighted by Gasteiger charge is 2.23. The number of amides is 1. The quantitative estimate of drug-likeness (QED) is 0.426. The number of carbonyl (C=O) groups is 2. The number of esters is 1. The van der Waals surface area contributed by atoms with Crippen LogP contribution in [0.3, 0.4) is 0 Å². The molecule has 30 heavy (non-hydrogen) atoms. The number of nitrogens with one attached hydrogen (secondary N) is 1. The molecule has 0 saturated heterocycles. The van der Waals surface area contributed by atoms with Crippen LogP contribution in [0.25, 0.3) is 0 Å². The minimum atomic E-state index is -0.456. The first kappa shape index (κ1) is 22.3. The summed E-state index contributed by atoms with van der Waals surface area (Å²) in [6, 6.07) is 6.76. The van der Waals surface area contributed by atoms with Crippen molar-refractivity contribution < 1.29 is 19.1 Å².